The van der Waals surface area contributed by atoms with Crippen molar-refractivity contribution in [2.24, 2.45) is 0 Å². The molecule has 0 spiro atoms. The Bertz CT molecular complexity index is 482. The summed E-state index contributed by atoms with van der Waals surface area (Å²) in [4.78, 5) is 10.1. The topological polar surface area (TPSA) is 37.8 Å². The van der Waals surface area contributed by atoms with Gasteiger partial charge in [0.05, 0.1) is 5.69 Å². The summed E-state index contributed by atoms with van der Waals surface area (Å²) in [5.74, 6) is 0.783. The zero-order valence-corrected chi connectivity index (χ0v) is 10.8. The first-order valence-corrected chi connectivity index (χ1v) is 6.67. The molecule has 1 N–H and O–H groups in total. The zero-order chi connectivity index (χ0) is 12.1. The number of aromatic nitrogens is 2. The van der Waals surface area contributed by atoms with Gasteiger partial charge in [0, 0.05) is 23.2 Å². The summed E-state index contributed by atoms with van der Waals surface area (Å²) < 4.78 is 0. The van der Waals surface area contributed by atoms with E-state index in [1.807, 2.05) is 13.1 Å². The van der Waals surface area contributed by atoms with E-state index in [1.54, 1.807) is 18.0 Å². The molecule has 0 amide bonds. The molecule has 0 aliphatic carbocycles. The molecule has 0 aliphatic rings. The maximum Gasteiger partial charge on any atom is 0.159 e. The lowest BCUT2D eigenvalue weighted by Crippen LogP contribution is -2.07. The van der Waals surface area contributed by atoms with E-state index in [1.165, 1.54) is 4.90 Å². The van der Waals surface area contributed by atoms with Gasteiger partial charge >= 0.3 is 0 Å². The summed E-state index contributed by atoms with van der Waals surface area (Å²) in [5, 5.41) is 3.09. The summed E-state index contributed by atoms with van der Waals surface area (Å²) in [5.41, 5.74) is 2.06. The quantitative estimate of drug-likeness (QED) is 0.840. The van der Waals surface area contributed by atoms with Crippen molar-refractivity contribution in [3.63, 3.8) is 0 Å². The van der Waals surface area contributed by atoms with Gasteiger partial charge in [-0.25, -0.2) is 9.97 Å². The molecule has 4 heteroatoms. The number of nitrogens with zero attached hydrogens (tertiary/aromatic N) is 2. The van der Waals surface area contributed by atoms with Crippen molar-refractivity contribution in [1.82, 2.24) is 15.3 Å². The molecule has 0 atom stereocenters. The largest absolute Gasteiger partial charge is 0.314 e. The molecule has 17 heavy (non-hydrogen) atoms. The molecular weight excluding hydrogens is 230 g/mol. The second-order valence-corrected chi connectivity index (χ2v) is 4.51. The van der Waals surface area contributed by atoms with E-state index >= 15 is 0 Å². The van der Waals surface area contributed by atoms with E-state index in [4.69, 9.17) is 0 Å². The SMILES string of the molecule is CNCc1ccnc(-c2ccc(SC)cc2)n1. The smallest absolute Gasteiger partial charge is 0.159 e. The predicted octanol–water partition coefficient (Wildman–Crippen LogP) is 2.58. The third-order valence-electron chi connectivity index (χ3n) is 2.42. The molecule has 0 saturated carbocycles. The van der Waals surface area contributed by atoms with Crippen LogP contribution < -0.4 is 5.32 Å². The average Bonchev–Trinajstić information content (AvgIpc) is 2.40. The molecule has 0 radical (unpaired) electrons. The van der Waals surface area contributed by atoms with Crippen molar-refractivity contribution in [2.45, 2.75) is 11.4 Å². The van der Waals surface area contributed by atoms with Gasteiger partial charge in [0.15, 0.2) is 5.82 Å². The fraction of sp³-hybridized carbons (Fsp3) is 0.231. The molecule has 1 aromatic carbocycles. The molecule has 2 rings (SSSR count). The molecule has 0 saturated heterocycles. The molecule has 0 fully saturated rings. The highest BCUT2D eigenvalue weighted by molar-refractivity contribution is 7.98. The van der Waals surface area contributed by atoms with Gasteiger partial charge in [-0.15, -0.1) is 11.8 Å². The number of hydrogen-bond acceptors (Lipinski definition) is 4. The minimum atomic E-state index is 0.762. The van der Waals surface area contributed by atoms with Crippen molar-refractivity contribution >= 4 is 11.8 Å². The van der Waals surface area contributed by atoms with Gasteiger partial charge < -0.3 is 5.32 Å². The number of benzene rings is 1. The first-order valence-electron chi connectivity index (χ1n) is 5.44. The lowest BCUT2D eigenvalue weighted by atomic mass is 10.2. The summed E-state index contributed by atoms with van der Waals surface area (Å²) in [6.07, 6.45) is 3.87. The molecule has 1 heterocycles. The van der Waals surface area contributed by atoms with E-state index in [0.29, 0.717) is 0 Å². The molecule has 1 aromatic heterocycles. The van der Waals surface area contributed by atoms with Crippen LogP contribution in [0.5, 0.6) is 0 Å². The van der Waals surface area contributed by atoms with Crippen molar-refractivity contribution in [3.05, 3.63) is 42.2 Å². The van der Waals surface area contributed by atoms with Crippen LogP contribution in [0, 0.1) is 0 Å². The van der Waals surface area contributed by atoms with Gasteiger partial charge in [-0.3, -0.25) is 0 Å². The standard InChI is InChI=1S/C13H15N3S/c1-14-9-11-7-8-15-13(16-11)10-3-5-12(17-2)6-4-10/h3-8,14H,9H2,1-2H3. The van der Waals surface area contributed by atoms with Crippen LogP contribution in [0.3, 0.4) is 0 Å². The highest BCUT2D eigenvalue weighted by Crippen LogP contribution is 2.20. The second-order valence-electron chi connectivity index (χ2n) is 3.63. The van der Waals surface area contributed by atoms with Gasteiger partial charge in [-0.1, -0.05) is 12.1 Å². The minimum absolute atomic E-state index is 0.762. The van der Waals surface area contributed by atoms with Crippen LogP contribution in [0.4, 0.5) is 0 Å². The van der Waals surface area contributed by atoms with Crippen LogP contribution in [0.2, 0.25) is 0 Å². The van der Waals surface area contributed by atoms with Crippen LogP contribution in [0.15, 0.2) is 41.4 Å². The van der Waals surface area contributed by atoms with Crippen molar-refractivity contribution < 1.29 is 0 Å². The van der Waals surface area contributed by atoms with E-state index in [0.717, 1.165) is 23.6 Å². The molecule has 3 nitrogen and oxygen atoms in total. The Balaban J connectivity index is 2.28. The fourth-order valence-electron chi connectivity index (χ4n) is 1.55. The van der Waals surface area contributed by atoms with Gasteiger partial charge in [0.1, 0.15) is 0 Å². The summed E-state index contributed by atoms with van der Waals surface area (Å²) in [7, 11) is 1.91. The first kappa shape index (κ1) is 12.1. The highest BCUT2D eigenvalue weighted by atomic mass is 32.2. The van der Waals surface area contributed by atoms with Crippen molar-refractivity contribution in [2.75, 3.05) is 13.3 Å². The lowest BCUT2D eigenvalue weighted by molar-refractivity contribution is 0.788. The Labute approximate surface area is 106 Å². The maximum absolute atomic E-state index is 4.51. The molecule has 0 aliphatic heterocycles. The fourth-order valence-corrected chi connectivity index (χ4v) is 1.96. The van der Waals surface area contributed by atoms with Gasteiger partial charge in [0.25, 0.3) is 0 Å². The maximum atomic E-state index is 4.51. The minimum Gasteiger partial charge on any atom is -0.314 e. The average molecular weight is 245 g/mol. The van der Waals surface area contributed by atoms with Gasteiger partial charge in [-0.05, 0) is 31.5 Å². The highest BCUT2D eigenvalue weighted by Gasteiger charge is 2.02. The molecule has 0 unspecified atom stereocenters. The van der Waals surface area contributed by atoms with Crippen LogP contribution >= 0.6 is 11.8 Å². The second kappa shape index (κ2) is 5.80. The number of thioether (sulfide) groups is 1. The van der Waals surface area contributed by atoms with Crippen LogP contribution in [0.25, 0.3) is 11.4 Å². The van der Waals surface area contributed by atoms with E-state index in [9.17, 15) is 0 Å². The summed E-state index contributed by atoms with van der Waals surface area (Å²) in [6.45, 7) is 0.762. The Morgan fingerprint density at radius 2 is 1.94 bits per heavy atom. The van der Waals surface area contributed by atoms with E-state index in [-0.39, 0.29) is 0 Å². The number of rotatable bonds is 4. The predicted molar refractivity (Wildman–Crippen MR) is 72.0 cm³/mol. The van der Waals surface area contributed by atoms with Crippen molar-refractivity contribution in [1.29, 1.82) is 0 Å². The lowest BCUT2D eigenvalue weighted by Gasteiger charge is -2.04. The Morgan fingerprint density at radius 1 is 1.18 bits per heavy atom. The molecule has 88 valence electrons. The zero-order valence-electron chi connectivity index (χ0n) is 9.97. The Kier molecular flexibility index (Phi) is 4.12. The molecule has 2 aromatic rings. The molecule has 0 bridgehead atoms. The van der Waals surface area contributed by atoms with E-state index in [2.05, 4.69) is 45.8 Å². The first-order chi connectivity index (χ1) is 8.33. The van der Waals surface area contributed by atoms with Gasteiger partial charge in [0.2, 0.25) is 0 Å². The Hall–Kier alpha value is -1.39. The normalized spacial score (nSPS) is 10.5. The number of hydrogen-bond donors (Lipinski definition) is 1. The third kappa shape index (κ3) is 3.05. The van der Waals surface area contributed by atoms with Gasteiger partial charge in [-0.2, -0.15) is 0 Å². The number of nitrogens with one attached hydrogen (secondary N) is 1. The third-order valence-corrected chi connectivity index (χ3v) is 3.16. The Morgan fingerprint density at radius 3 is 2.59 bits per heavy atom. The van der Waals surface area contributed by atoms with Crippen LogP contribution in [-0.4, -0.2) is 23.3 Å². The van der Waals surface area contributed by atoms with Crippen molar-refractivity contribution in [3.8, 4) is 11.4 Å². The summed E-state index contributed by atoms with van der Waals surface area (Å²) in [6, 6.07) is 10.2. The summed E-state index contributed by atoms with van der Waals surface area (Å²) >= 11 is 1.73. The monoisotopic (exact) mass is 245 g/mol. The van der Waals surface area contributed by atoms with Crippen LogP contribution in [0.1, 0.15) is 5.69 Å². The van der Waals surface area contributed by atoms with E-state index < -0.39 is 0 Å². The molecular formula is C13H15N3S. The van der Waals surface area contributed by atoms with Crippen LogP contribution in [-0.2, 0) is 6.54 Å².